The standard InChI is InChI=1S/C21H18O4/c1-24-20-10-6-5-9-18(20)17-12-11-16(13-19(17)21(22)23)25-14-15-7-3-2-4-8-15/h2-13H,14H2,1H3,(H,22,23). The third kappa shape index (κ3) is 3.80. The lowest BCUT2D eigenvalue weighted by atomic mass is 9.98. The zero-order valence-electron chi connectivity index (χ0n) is 13.8. The van der Waals surface area contributed by atoms with Crippen LogP contribution in [0.25, 0.3) is 11.1 Å². The predicted octanol–water partition coefficient (Wildman–Crippen LogP) is 4.64. The van der Waals surface area contributed by atoms with Crippen LogP contribution in [0.4, 0.5) is 0 Å². The summed E-state index contributed by atoms with van der Waals surface area (Å²) in [5, 5.41) is 9.60. The normalized spacial score (nSPS) is 10.3. The number of hydrogen-bond donors (Lipinski definition) is 1. The smallest absolute Gasteiger partial charge is 0.336 e. The molecule has 3 aromatic rings. The Balaban J connectivity index is 1.92. The second-order valence-corrected chi connectivity index (χ2v) is 5.49. The van der Waals surface area contributed by atoms with E-state index in [2.05, 4.69) is 0 Å². The topological polar surface area (TPSA) is 55.8 Å². The second kappa shape index (κ2) is 7.53. The molecule has 0 unspecified atom stereocenters. The van der Waals surface area contributed by atoms with Gasteiger partial charge in [0.1, 0.15) is 18.1 Å². The van der Waals surface area contributed by atoms with E-state index in [0.717, 1.165) is 11.1 Å². The van der Waals surface area contributed by atoms with Gasteiger partial charge >= 0.3 is 5.97 Å². The maximum atomic E-state index is 11.7. The summed E-state index contributed by atoms with van der Waals surface area (Å²) in [7, 11) is 1.57. The molecule has 0 aromatic heterocycles. The number of ether oxygens (including phenoxy) is 2. The van der Waals surface area contributed by atoms with Crippen LogP contribution in [0, 0.1) is 0 Å². The minimum atomic E-state index is -1.01. The number of carboxylic acid groups (broad SMARTS) is 1. The van der Waals surface area contributed by atoms with Crippen molar-refractivity contribution in [1.82, 2.24) is 0 Å². The van der Waals surface area contributed by atoms with Gasteiger partial charge in [-0.3, -0.25) is 0 Å². The lowest BCUT2D eigenvalue weighted by molar-refractivity contribution is 0.0697. The van der Waals surface area contributed by atoms with E-state index in [-0.39, 0.29) is 5.56 Å². The molecule has 0 radical (unpaired) electrons. The van der Waals surface area contributed by atoms with E-state index in [1.54, 1.807) is 31.4 Å². The number of carboxylic acids is 1. The van der Waals surface area contributed by atoms with Crippen molar-refractivity contribution < 1.29 is 19.4 Å². The Bertz CT molecular complexity index is 872. The molecule has 3 aromatic carbocycles. The highest BCUT2D eigenvalue weighted by molar-refractivity contribution is 5.97. The number of rotatable bonds is 6. The van der Waals surface area contributed by atoms with Crippen molar-refractivity contribution in [1.29, 1.82) is 0 Å². The second-order valence-electron chi connectivity index (χ2n) is 5.49. The number of para-hydroxylation sites is 1. The van der Waals surface area contributed by atoms with Crippen LogP contribution in [-0.4, -0.2) is 18.2 Å². The fourth-order valence-electron chi connectivity index (χ4n) is 2.63. The summed E-state index contributed by atoms with van der Waals surface area (Å²) in [5.74, 6) is 0.133. The molecule has 0 aliphatic rings. The van der Waals surface area contributed by atoms with Gasteiger partial charge in [-0.15, -0.1) is 0 Å². The lowest BCUT2D eigenvalue weighted by Crippen LogP contribution is -2.02. The zero-order valence-corrected chi connectivity index (χ0v) is 13.8. The Morgan fingerprint density at radius 2 is 1.64 bits per heavy atom. The van der Waals surface area contributed by atoms with Gasteiger partial charge < -0.3 is 14.6 Å². The summed E-state index contributed by atoms with van der Waals surface area (Å²) in [5.41, 5.74) is 2.53. The Morgan fingerprint density at radius 1 is 0.920 bits per heavy atom. The molecule has 4 nitrogen and oxygen atoms in total. The maximum Gasteiger partial charge on any atom is 0.336 e. The van der Waals surface area contributed by atoms with Crippen molar-refractivity contribution in [2.24, 2.45) is 0 Å². The molecular weight excluding hydrogens is 316 g/mol. The summed E-state index contributed by atoms with van der Waals surface area (Å²) in [6, 6.07) is 22.1. The van der Waals surface area contributed by atoms with Crippen LogP contribution in [-0.2, 0) is 6.61 Å². The van der Waals surface area contributed by atoms with Crippen LogP contribution in [0.15, 0.2) is 72.8 Å². The van der Waals surface area contributed by atoms with Crippen molar-refractivity contribution in [2.75, 3.05) is 7.11 Å². The number of carbonyl (C=O) groups is 1. The lowest BCUT2D eigenvalue weighted by Gasteiger charge is -2.13. The van der Waals surface area contributed by atoms with Crippen LogP contribution in [0.3, 0.4) is 0 Å². The molecule has 1 N–H and O–H groups in total. The van der Waals surface area contributed by atoms with E-state index < -0.39 is 5.97 Å². The molecule has 0 saturated carbocycles. The van der Waals surface area contributed by atoms with E-state index >= 15 is 0 Å². The fourth-order valence-corrected chi connectivity index (χ4v) is 2.63. The molecule has 0 aliphatic heterocycles. The van der Waals surface area contributed by atoms with E-state index in [4.69, 9.17) is 9.47 Å². The van der Waals surface area contributed by atoms with Crippen molar-refractivity contribution in [3.8, 4) is 22.6 Å². The van der Waals surface area contributed by atoms with Gasteiger partial charge in [0.25, 0.3) is 0 Å². The summed E-state index contributed by atoms with van der Waals surface area (Å²) < 4.78 is 11.1. The molecule has 0 fully saturated rings. The molecule has 0 bridgehead atoms. The van der Waals surface area contributed by atoms with Crippen LogP contribution >= 0.6 is 0 Å². The first-order valence-corrected chi connectivity index (χ1v) is 7.86. The van der Waals surface area contributed by atoms with Crippen molar-refractivity contribution in [3.05, 3.63) is 83.9 Å². The van der Waals surface area contributed by atoms with Crippen molar-refractivity contribution in [3.63, 3.8) is 0 Å². The third-order valence-corrected chi connectivity index (χ3v) is 3.87. The predicted molar refractivity (Wildman–Crippen MR) is 96.2 cm³/mol. The molecule has 4 heteroatoms. The van der Waals surface area contributed by atoms with Gasteiger partial charge in [-0.05, 0) is 29.8 Å². The largest absolute Gasteiger partial charge is 0.496 e. The van der Waals surface area contributed by atoms with Crippen LogP contribution in [0.1, 0.15) is 15.9 Å². The average molecular weight is 334 g/mol. The number of methoxy groups -OCH3 is 1. The highest BCUT2D eigenvalue weighted by atomic mass is 16.5. The molecule has 0 aliphatic carbocycles. The first-order valence-electron chi connectivity index (χ1n) is 7.86. The SMILES string of the molecule is COc1ccccc1-c1ccc(OCc2ccccc2)cc1C(=O)O. The number of aromatic carboxylic acids is 1. The van der Waals surface area contributed by atoms with Gasteiger partial charge in [0.05, 0.1) is 12.7 Å². The fraction of sp³-hybridized carbons (Fsp3) is 0.0952. The Kier molecular flexibility index (Phi) is 5.00. The Labute approximate surface area is 146 Å². The van der Waals surface area contributed by atoms with Gasteiger partial charge in [0.15, 0.2) is 0 Å². The van der Waals surface area contributed by atoms with E-state index in [1.807, 2.05) is 48.5 Å². The Morgan fingerprint density at radius 3 is 2.36 bits per heavy atom. The van der Waals surface area contributed by atoms with Crippen LogP contribution in [0.2, 0.25) is 0 Å². The van der Waals surface area contributed by atoms with E-state index in [0.29, 0.717) is 23.7 Å². The number of hydrogen-bond acceptors (Lipinski definition) is 3. The summed E-state index contributed by atoms with van der Waals surface area (Å²) in [6.07, 6.45) is 0. The third-order valence-electron chi connectivity index (χ3n) is 3.87. The van der Waals surface area contributed by atoms with Crippen molar-refractivity contribution in [2.45, 2.75) is 6.61 Å². The van der Waals surface area contributed by atoms with Gasteiger partial charge in [0.2, 0.25) is 0 Å². The molecule has 3 rings (SSSR count). The molecule has 0 amide bonds. The zero-order chi connectivity index (χ0) is 17.6. The minimum absolute atomic E-state index is 0.176. The van der Waals surface area contributed by atoms with Crippen molar-refractivity contribution >= 4 is 5.97 Å². The maximum absolute atomic E-state index is 11.7. The molecule has 0 spiro atoms. The Hall–Kier alpha value is -3.27. The first kappa shape index (κ1) is 16.6. The van der Waals surface area contributed by atoms with Crippen LogP contribution in [0.5, 0.6) is 11.5 Å². The highest BCUT2D eigenvalue weighted by Gasteiger charge is 2.16. The highest BCUT2D eigenvalue weighted by Crippen LogP contribution is 2.34. The van der Waals surface area contributed by atoms with Gasteiger partial charge in [-0.2, -0.15) is 0 Å². The average Bonchev–Trinajstić information content (AvgIpc) is 2.67. The summed E-state index contributed by atoms with van der Waals surface area (Å²) in [6.45, 7) is 0.383. The quantitative estimate of drug-likeness (QED) is 0.713. The first-order chi connectivity index (χ1) is 12.2. The molecule has 0 saturated heterocycles. The molecule has 25 heavy (non-hydrogen) atoms. The molecule has 126 valence electrons. The molecule has 0 atom stereocenters. The monoisotopic (exact) mass is 334 g/mol. The number of benzene rings is 3. The van der Waals surface area contributed by atoms with Gasteiger partial charge in [0, 0.05) is 11.1 Å². The van der Waals surface area contributed by atoms with E-state index in [9.17, 15) is 9.90 Å². The van der Waals surface area contributed by atoms with Gasteiger partial charge in [-0.1, -0.05) is 48.5 Å². The minimum Gasteiger partial charge on any atom is -0.496 e. The molecule has 0 heterocycles. The van der Waals surface area contributed by atoms with E-state index in [1.165, 1.54) is 0 Å². The summed E-state index contributed by atoms with van der Waals surface area (Å²) >= 11 is 0. The van der Waals surface area contributed by atoms with Crippen LogP contribution < -0.4 is 9.47 Å². The van der Waals surface area contributed by atoms with Gasteiger partial charge in [-0.25, -0.2) is 4.79 Å². The summed E-state index contributed by atoms with van der Waals surface area (Å²) in [4.78, 5) is 11.7. The molecular formula is C21H18O4.